The molecule has 2 amide bonds. The van der Waals surface area contributed by atoms with Gasteiger partial charge in [-0.25, -0.2) is 0 Å². The molecule has 2 aromatic carbocycles. The van der Waals surface area contributed by atoms with E-state index in [2.05, 4.69) is 26.6 Å². The number of likely N-dealkylation sites (N-methyl/N-ethyl adjacent to an activating group) is 1. The van der Waals surface area contributed by atoms with Crippen molar-refractivity contribution < 1.29 is 9.59 Å². The molecular weight excluding hydrogens is 394 g/mol. The van der Waals surface area contributed by atoms with Crippen LogP contribution in [0.5, 0.6) is 0 Å². The molecule has 0 unspecified atom stereocenters. The van der Waals surface area contributed by atoms with E-state index in [1.165, 1.54) is 5.56 Å². The summed E-state index contributed by atoms with van der Waals surface area (Å²) in [5, 5.41) is 5.74. The number of carbonyl (C=O) groups excluding carboxylic acids is 2. The Kier molecular flexibility index (Phi) is 7.36. The van der Waals surface area contributed by atoms with E-state index in [0.717, 1.165) is 21.3 Å². The summed E-state index contributed by atoms with van der Waals surface area (Å²) in [4.78, 5) is 25.9. The summed E-state index contributed by atoms with van der Waals surface area (Å²) in [5.74, 6) is -0.259. The van der Waals surface area contributed by atoms with Crippen molar-refractivity contribution in [1.29, 1.82) is 0 Å². The van der Waals surface area contributed by atoms with E-state index in [-0.39, 0.29) is 24.9 Å². The van der Waals surface area contributed by atoms with Crippen molar-refractivity contribution in [1.82, 2.24) is 10.2 Å². The fourth-order valence-electron chi connectivity index (χ4n) is 2.47. The summed E-state index contributed by atoms with van der Waals surface area (Å²) in [6.07, 6.45) is 0. The third-order valence-electron chi connectivity index (χ3n) is 3.90. The molecule has 0 aliphatic rings. The molecule has 2 N–H and O–H groups in total. The highest BCUT2D eigenvalue weighted by molar-refractivity contribution is 9.10. The Morgan fingerprint density at radius 3 is 2.31 bits per heavy atom. The first kappa shape index (κ1) is 20.1. The minimum Gasteiger partial charge on any atom is -0.351 e. The van der Waals surface area contributed by atoms with Crippen LogP contribution in [0.1, 0.15) is 16.7 Å². The Hall–Kier alpha value is -2.18. The van der Waals surface area contributed by atoms with E-state index in [0.29, 0.717) is 6.54 Å². The van der Waals surface area contributed by atoms with Crippen LogP contribution in [0.3, 0.4) is 0 Å². The van der Waals surface area contributed by atoms with E-state index in [4.69, 9.17) is 0 Å². The van der Waals surface area contributed by atoms with Crippen LogP contribution in [-0.4, -0.2) is 36.9 Å². The highest BCUT2D eigenvalue weighted by atomic mass is 79.9. The second kappa shape index (κ2) is 9.50. The second-order valence-corrected chi connectivity index (χ2v) is 7.36. The number of aryl methyl sites for hydroxylation is 2. The van der Waals surface area contributed by atoms with E-state index in [1.807, 2.05) is 56.3 Å². The van der Waals surface area contributed by atoms with Gasteiger partial charge < -0.3 is 10.6 Å². The van der Waals surface area contributed by atoms with Crippen LogP contribution in [0.15, 0.2) is 46.9 Å². The van der Waals surface area contributed by atoms with Gasteiger partial charge in [0.25, 0.3) is 0 Å². The molecule has 0 fully saturated rings. The molecule has 0 bridgehead atoms. The lowest BCUT2D eigenvalue weighted by Gasteiger charge is -2.16. The van der Waals surface area contributed by atoms with Crippen LogP contribution in [0.2, 0.25) is 0 Å². The molecule has 138 valence electrons. The Morgan fingerprint density at radius 1 is 1.00 bits per heavy atom. The quantitative estimate of drug-likeness (QED) is 0.726. The first-order chi connectivity index (χ1) is 12.3. The predicted octanol–water partition coefficient (Wildman–Crippen LogP) is 3.25. The number of anilines is 1. The standard InChI is InChI=1S/C20H24BrN3O2/c1-14-4-6-16(7-5-14)11-22-19(25)12-24(3)13-20(26)23-18-9-8-17(21)10-15(18)2/h4-10H,11-13H2,1-3H3,(H,22,25)(H,23,26). The van der Waals surface area contributed by atoms with Crippen LogP contribution in [-0.2, 0) is 16.1 Å². The van der Waals surface area contributed by atoms with Crippen LogP contribution in [0.25, 0.3) is 0 Å². The van der Waals surface area contributed by atoms with Crippen LogP contribution >= 0.6 is 15.9 Å². The molecule has 26 heavy (non-hydrogen) atoms. The number of hydrogen-bond acceptors (Lipinski definition) is 3. The Morgan fingerprint density at radius 2 is 1.65 bits per heavy atom. The van der Waals surface area contributed by atoms with Gasteiger partial charge >= 0.3 is 0 Å². The molecule has 2 rings (SSSR count). The largest absolute Gasteiger partial charge is 0.351 e. The van der Waals surface area contributed by atoms with Gasteiger partial charge in [0.15, 0.2) is 0 Å². The minimum absolute atomic E-state index is 0.110. The summed E-state index contributed by atoms with van der Waals surface area (Å²) >= 11 is 3.40. The maximum atomic E-state index is 12.2. The van der Waals surface area contributed by atoms with Crippen molar-refractivity contribution in [3.05, 3.63) is 63.6 Å². The van der Waals surface area contributed by atoms with Gasteiger partial charge in [-0.05, 0) is 50.2 Å². The van der Waals surface area contributed by atoms with E-state index >= 15 is 0 Å². The molecule has 0 aromatic heterocycles. The molecule has 0 heterocycles. The third-order valence-corrected chi connectivity index (χ3v) is 4.39. The number of nitrogens with one attached hydrogen (secondary N) is 2. The predicted molar refractivity (Wildman–Crippen MR) is 108 cm³/mol. The Balaban J connectivity index is 1.76. The lowest BCUT2D eigenvalue weighted by atomic mass is 10.1. The topological polar surface area (TPSA) is 61.4 Å². The summed E-state index contributed by atoms with van der Waals surface area (Å²) in [6, 6.07) is 13.7. The van der Waals surface area contributed by atoms with Gasteiger partial charge in [0.2, 0.25) is 11.8 Å². The van der Waals surface area contributed by atoms with Crippen LogP contribution in [0, 0.1) is 13.8 Å². The average molecular weight is 418 g/mol. The van der Waals surface area contributed by atoms with E-state index in [9.17, 15) is 9.59 Å². The Bertz CT molecular complexity index is 775. The van der Waals surface area contributed by atoms with Gasteiger partial charge in [-0.1, -0.05) is 45.8 Å². The Labute approximate surface area is 162 Å². The maximum Gasteiger partial charge on any atom is 0.238 e. The zero-order valence-corrected chi connectivity index (χ0v) is 16.9. The first-order valence-corrected chi connectivity index (χ1v) is 9.19. The number of benzene rings is 2. The van der Waals surface area contributed by atoms with E-state index < -0.39 is 0 Å². The molecule has 0 aliphatic heterocycles. The molecule has 0 spiro atoms. The number of hydrogen-bond donors (Lipinski definition) is 2. The molecule has 0 atom stereocenters. The molecule has 0 saturated heterocycles. The number of carbonyl (C=O) groups is 2. The molecule has 6 heteroatoms. The summed E-state index contributed by atoms with van der Waals surface area (Å²) in [7, 11) is 1.75. The molecule has 0 radical (unpaired) electrons. The zero-order valence-electron chi connectivity index (χ0n) is 15.3. The number of nitrogens with zero attached hydrogens (tertiary/aromatic N) is 1. The normalized spacial score (nSPS) is 10.7. The van der Waals surface area contributed by atoms with Crippen molar-refractivity contribution >= 4 is 33.4 Å². The van der Waals surface area contributed by atoms with Crippen molar-refractivity contribution in [3.63, 3.8) is 0 Å². The van der Waals surface area contributed by atoms with Crippen LogP contribution in [0.4, 0.5) is 5.69 Å². The summed E-state index contributed by atoms with van der Waals surface area (Å²) < 4.78 is 0.968. The lowest BCUT2D eigenvalue weighted by Crippen LogP contribution is -2.38. The second-order valence-electron chi connectivity index (χ2n) is 6.44. The number of halogens is 1. The van der Waals surface area contributed by atoms with Gasteiger partial charge in [0.1, 0.15) is 0 Å². The number of amides is 2. The van der Waals surface area contributed by atoms with Crippen molar-refractivity contribution in [3.8, 4) is 0 Å². The minimum atomic E-state index is -0.149. The lowest BCUT2D eigenvalue weighted by molar-refractivity contribution is -0.123. The fourth-order valence-corrected chi connectivity index (χ4v) is 2.94. The van der Waals surface area contributed by atoms with Gasteiger partial charge in [-0.2, -0.15) is 0 Å². The smallest absolute Gasteiger partial charge is 0.238 e. The van der Waals surface area contributed by atoms with Gasteiger partial charge in [-0.15, -0.1) is 0 Å². The van der Waals surface area contributed by atoms with E-state index in [1.54, 1.807) is 11.9 Å². The highest BCUT2D eigenvalue weighted by Gasteiger charge is 2.11. The molecular formula is C20H24BrN3O2. The van der Waals surface area contributed by atoms with Gasteiger partial charge in [0.05, 0.1) is 13.1 Å². The van der Waals surface area contributed by atoms with Crippen molar-refractivity contribution in [2.75, 3.05) is 25.5 Å². The average Bonchev–Trinajstić information content (AvgIpc) is 2.56. The third kappa shape index (κ3) is 6.61. The maximum absolute atomic E-state index is 12.2. The molecule has 0 aliphatic carbocycles. The first-order valence-electron chi connectivity index (χ1n) is 8.40. The molecule has 2 aromatic rings. The van der Waals surface area contributed by atoms with Crippen LogP contribution < -0.4 is 10.6 Å². The fraction of sp³-hybridized carbons (Fsp3) is 0.300. The zero-order chi connectivity index (χ0) is 19.1. The van der Waals surface area contributed by atoms with Crippen molar-refractivity contribution in [2.45, 2.75) is 20.4 Å². The summed E-state index contributed by atoms with van der Waals surface area (Å²) in [5.41, 5.74) is 3.99. The number of rotatable bonds is 7. The monoisotopic (exact) mass is 417 g/mol. The highest BCUT2D eigenvalue weighted by Crippen LogP contribution is 2.19. The van der Waals surface area contributed by atoms with Gasteiger partial charge in [0, 0.05) is 16.7 Å². The summed E-state index contributed by atoms with van der Waals surface area (Å²) in [6.45, 7) is 4.75. The molecule has 0 saturated carbocycles. The SMILES string of the molecule is Cc1ccc(CNC(=O)CN(C)CC(=O)Nc2ccc(Br)cc2C)cc1. The van der Waals surface area contributed by atoms with Gasteiger partial charge in [-0.3, -0.25) is 14.5 Å². The molecule has 5 nitrogen and oxygen atoms in total. The van der Waals surface area contributed by atoms with Crippen molar-refractivity contribution in [2.24, 2.45) is 0 Å².